The van der Waals surface area contributed by atoms with Crippen LogP contribution in [-0.4, -0.2) is 18.0 Å². The Morgan fingerprint density at radius 1 is 1.33 bits per heavy atom. The predicted molar refractivity (Wildman–Crippen MR) is 73.2 cm³/mol. The van der Waals surface area contributed by atoms with Gasteiger partial charge >= 0.3 is 0 Å². The van der Waals surface area contributed by atoms with E-state index < -0.39 is 0 Å². The van der Waals surface area contributed by atoms with Crippen LogP contribution in [0.1, 0.15) is 31.4 Å². The minimum Gasteiger partial charge on any atom is -0.351 e. The fourth-order valence-corrected chi connectivity index (χ4v) is 2.58. The topological polar surface area (TPSA) is 55.1 Å². The standard InChI is InChI=1S/C15H22N2O/c1-10(2)7-14(16)15(18)17-13-8-11-5-3-4-6-12(11)9-13/h3-6,10,13-14H,7-9,16H2,1-2H3,(H,17,18)/t14-/m0/s1. The molecule has 0 saturated carbocycles. The molecule has 0 aliphatic heterocycles. The molecule has 0 spiro atoms. The number of carbonyl (C=O) groups is 1. The maximum atomic E-state index is 11.9. The van der Waals surface area contributed by atoms with E-state index in [0.717, 1.165) is 19.3 Å². The second-order valence-corrected chi connectivity index (χ2v) is 5.62. The number of nitrogens with two attached hydrogens (primary N) is 1. The molecule has 1 aromatic carbocycles. The van der Waals surface area contributed by atoms with Crippen molar-refractivity contribution >= 4 is 5.91 Å². The van der Waals surface area contributed by atoms with Crippen molar-refractivity contribution in [2.75, 3.05) is 0 Å². The van der Waals surface area contributed by atoms with E-state index in [1.165, 1.54) is 11.1 Å². The van der Waals surface area contributed by atoms with Crippen LogP contribution in [0, 0.1) is 5.92 Å². The maximum absolute atomic E-state index is 11.9. The monoisotopic (exact) mass is 246 g/mol. The number of nitrogens with one attached hydrogen (secondary N) is 1. The highest BCUT2D eigenvalue weighted by molar-refractivity contribution is 5.81. The summed E-state index contributed by atoms with van der Waals surface area (Å²) in [7, 11) is 0. The van der Waals surface area contributed by atoms with Gasteiger partial charge in [0.2, 0.25) is 5.91 Å². The van der Waals surface area contributed by atoms with Gasteiger partial charge < -0.3 is 11.1 Å². The van der Waals surface area contributed by atoms with E-state index in [4.69, 9.17) is 5.73 Å². The quantitative estimate of drug-likeness (QED) is 0.848. The lowest BCUT2D eigenvalue weighted by Crippen LogP contribution is -2.46. The van der Waals surface area contributed by atoms with Crippen LogP contribution in [0.25, 0.3) is 0 Å². The van der Waals surface area contributed by atoms with Crippen LogP contribution in [0.4, 0.5) is 0 Å². The molecule has 0 fully saturated rings. The summed E-state index contributed by atoms with van der Waals surface area (Å²) in [4.78, 5) is 11.9. The van der Waals surface area contributed by atoms with E-state index in [0.29, 0.717) is 5.92 Å². The molecule has 0 heterocycles. The molecule has 1 aliphatic rings. The molecule has 2 rings (SSSR count). The number of carbonyl (C=O) groups excluding carboxylic acids is 1. The van der Waals surface area contributed by atoms with Crippen molar-refractivity contribution in [2.45, 2.75) is 45.2 Å². The number of fused-ring (bicyclic) bond motifs is 1. The first-order valence-electron chi connectivity index (χ1n) is 6.69. The number of hydrogen-bond donors (Lipinski definition) is 2. The van der Waals surface area contributed by atoms with Crippen molar-refractivity contribution in [3.05, 3.63) is 35.4 Å². The normalized spacial score (nSPS) is 16.7. The smallest absolute Gasteiger partial charge is 0.237 e. The highest BCUT2D eigenvalue weighted by Gasteiger charge is 2.24. The van der Waals surface area contributed by atoms with Crippen LogP contribution in [0.2, 0.25) is 0 Å². The minimum atomic E-state index is -0.381. The van der Waals surface area contributed by atoms with Gasteiger partial charge in [-0.25, -0.2) is 0 Å². The molecule has 3 heteroatoms. The predicted octanol–water partition coefficient (Wildman–Crippen LogP) is 1.64. The fourth-order valence-electron chi connectivity index (χ4n) is 2.58. The van der Waals surface area contributed by atoms with Crippen LogP contribution in [0.5, 0.6) is 0 Å². The van der Waals surface area contributed by atoms with Gasteiger partial charge in [0.15, 0.2) is 0 Å². The van der Waals surface area contributed by atoms with Crippen molar-refractivity contribution in [1.29, 1.82) is 0 Å². The lowest BCUT2D eigenvalue weighted by Gasteiger charge is -2.17. The van der Waals surface area contributed by atoms with E-state index in [2.05, 4.69) is 31.3 Å². The van der Waals surface area contributed by atoms with Crippen LogP contribution in [0.3, 0.4) is 0 Å². The number of hydrogen-bond acceptors (Lipinski definition) is 2. The zero-order valence-electron chi connectivity index (χ0n) is 11.1. The molecule has 0 aromatic heterocycles. The van der Waals surface area contributed by atoms with Crippen molar-refractivity contribution < 1.29 is 4.79 Å². The second-order valence-electron chi connectivity index (χ2n) is 5.62. The Morgan fingerprint density at radius 3 is 2.39 bits per heavy atom. The average Bonchev–Trinajstić information content (AvgIpc) is 2.69. The summed E-state index contributed by atoms with van der Waals surface area (Å²) in [6.45, 7) is 4.16. The first-order valence-corrected chi connectivity index (χ1v) is 6.69. The Labute approximate surface area is 109 Å². The molecular formula is C15H22N2O. The Bertz CT molecular complexity index is 403. The molecule has 1 atom stereocenters. The average molecular weight is 246 g/mol. The molecule has 3 nitrogen and oxygen atoms in total. The molecular weight excluding hydrogens is 224 g/mol. The minimum absolute atomic E-state index is 0.0125. The zero-order valence-corrected chi connectivity index (χ0v) is 11.1. The molecule has 1 aliphatic carbocycles. The first-order chi connectivity index (χ1) is 8.56. The van der Waals surface area contributed by atoms with Gasteiger partial charge in [-0.05, 0) is 36.3 Å². The van der Waals surface area contributed by atoms with Gasteiger partial charge in [0.05, 0.1) is 6.04 Å². The summed E-state index contributed by atoms with van der Waals surface area (Å²) in [5, 5.41) is 3.07. The van der Waals surface area contributed by atoms with Gasteiger partial charge in [0, 0.05) is 6.04 Å². The van der Waals surface area contributed by atoms with E-state index in [1.807, 2.05) is 12.1 Å². The first kappa shape index (κ1) is 13.1. The Morgan fingerprint density at radius 2 is 1.89 bits per heavy atom. The summed E-state index contributed by atoms with van der Waals surface area (Å²) in [5.41, 5.74) is 8.58. The van der Waals surface area contributed by atoms with Crippen LogP contribution in [-0.2, 0) is 17.6 Å². The van der Waals surface area contributed by atoms with Crippen molar-refractivity contribution in [3.63, 3.8) is 0 Å². The van der Waals surface area contributed by atoms with Crippen LogP contribution < -0.4 is 11.1 Å². The van der Waals surface area contributed by atoms with E-state index >= 15 is 0 Å². The molecule has 1 aromatic rings. The number of amides is 1. The lowest BCUT2D eigenvalue weighted by atomic mass is 10.0. The SMILES string of the molecule is CC(C)C[C@H](N)C(=O)NC1Cc2ccccc2C1. The third-order valence-corrected chi connectivity index (χ3v) is 3.46. The summed E-state index contributed by atoms with van der Waals surface area (Å²) in [6, 6.07) is 8.20. The molecule has 98 valence electrons. The van der Waals surface area contributed by atoms with Crippen LogP contribution >= 0.6 is 0 Å². The largest absolute Gasteiger partial charge is 0.351 e. The summed E-state index contributed by atoms with van der Waals surface area (Å²) < 4.78 is 0. The molecule has 0 radical (unpaired) electrons. The van der Waals surface area contributed by atoms with Gasteiger partial charge in [-0.1, -0.05) is 38.1 Å². The van der Waals surface area contributed by atoms with Gasteiger partial charge in [-0.15, -0.1) is 0 Å². The summed E-state index contributed by atoms with van der Waals surface area (Å²) in [6.07, 6.45) is 2.60. The second kappa shape index (κ2) is 5.53. The lowest BCUT2D eigenvalue weighted by molar-refractivity contribution is -0.123. The highest BCUT2D eigenvalue weighted by atomic mass is 16.2. The third-order valence-electron chi connectivity index (χ3n) is 3.46. The Kier molecular flexibility index (Phi) is 4.02. The van der Waals surface area contributed by atoms with Gasteiger partial charge in [-0.3, -0.25) is 4.79 Å². The summed E-state index contributed by atoms with van der Waals surface area (Å²) >= 11 is 0. The van der Waals surface area contributed by atoms with Crippen molar-refractivity contribution in [2.24, 2.45) is 11.7 Å². The Hall–Kier alpha value is -1.35. The Balaban J connectivity index is 1.88. The van der Waals surface area contributed by atoms with Crippen LogP contribution in [0.15, 0.2) is 24.3 Å². The number of rotatable bonds is 4. The highest BCUT2D eigenvalue weighted by Crippen LogP contribution is 2.21. The van der Waals surface area contributed by atoms with Crippen molar-refractivity contribution in [1.82, 2.24) is 5.32 Å². The van der Waals surface area contributed by atoms with Gasteiger partial charge in [0.1, 0.15) is 0 Å². The van der Waals surface area contributed by atoms with E-state index in [9.17, 15) is 4.79 Å². The fraction of sp³-hybridized carbons (Fsp3) is 0.533. The molecule has 3 N–H and O–H groups in total. The third kappa shape index (κ3) is 3.10. The molecule has 0 saturated heterocycles. The number of benzene rings is 1. The zero-order chi connectivity index (χ0) is 13.1. The molecule has 1 amide bonds. The molecule has 0 bridgehead atoms. The maximum Gasteiger partial charge on any atom is 0.237 e. The van der Waals surface area contributed by atoms with Crippen molar-refractivity contribution in [3.8, 4) is 0 Å². The summed E-state index contributed by atoms with van der Waals surface area (Å²) in [5.74, 6) is 0.438. The molecule has 0 unspecified atom stereocenters. The van der Waals surface area contributed by atoms with Gasteiger partial charge in [0.25, 0.3) is 0 Å². The molecule has 18 heavy (non-hydrogen) atoms. The van der Waals surface area contributed by atoms with E-state index in [-0.39, 0.29) is 18.0 Å². The van der Waals surface area contributed by atoms with Gasteiger partial charge in [-0.2, -0.15) is 0 Å². The van der Waals surface area contributed by atoms with E-state index in [1.54, 1.807) is 0 Å².